The Kier molecular flexibility index (Phi) is 3.77. The average Bonchev–Trinajstić information content (AvgIpc) is 2.81. The van der Waals surface area contributed by atoms with Gasteiger partial charge in [0.25, 0.3) is 0 Å². The van der Waals surface area contributed by atoms with Crippen molar-refractivity contribution in [1.29, 1.82) is 0 Å². The predicted octanol–water partition coefficient (Wildman–Crippen LogP) is 2.19. The summed E-state index contributed by atoms with van der Waals surface area (Å²) in [4.78, 5) is 11.5. The van der Waals surface area contributed by atoms with Crippen LogP contribution in [0.25, 0.3) is 0 Å². The molecule has 0 unspecified atom stereocenters. The van der Waals surface area contributed by atoms with Crippen molar-refractivity contribution in [1.82, 2.24) is 10.5 Å². The summed E-state index contributed by atoms with van der Waals surface area (Å²) in [7, 11) is 0. The molecule has 1 heterocycles. The number of nitrogens with zero attached hydrogens (tertiary/aromatic N) is 1. The van der Waals surface area contributed by atoms with Crippen LogP contribution in [-0.2, 0) is 17.8 Å². The SMILES string of the molecule is O=C(Cc1ccon1)NCc1ccc(Cl)cc1. The number of carbonyl (C=O) groups excluding carboxylic acids is 1. The average molecular weight is 251 g/mol. The molecule has 0 fully saturated rings. The Bertz CT molecular complexity index is 480. The van der Waals surface area contributed by atoms with Crippen LogP contribution in [0, 0.1) is 0 Å². The Morgan fingerprint density at radius 1 is 1.29 bits per heavy atom. The molecule has 0 spiro atoms. The Balaban J connectivity index is 1.82. The maximum Gasteiger partial charge on any atom is 0.226 e. The van der Waals surface area contributed by atoms with Crippen LogP contribution in [-0.4, -0.2) is 11.1 Å². The van der Waals surface area contributed by atoms with Gasteiger partial charge >= 0.3 is 0 Å². The van der Waals surface area contributed by atoms with E-state index in [9.17, 15) is 4.79 Å². The largest absolute Gasteiger partial charge is 0.364 e. The summed E-state index contributed by atoms with van der Waals surface area (Å²) in [6.45, 7) is 0.480. The van der Waals surface area contributed by atoms with E-state index in [1.54, 1.807) is 18.2 Å². The van der Waals surface area contributed by atoms with Gasteiger partial charge in [-0.05, 0) is 17.7 Å². The van der Waals surface area contributed by atoms with Gasteiger partial charge in [-0.1, -0.05) is 28.9 Å². The van der Waals surface area contributed by atoms with Gasteiger partial charge in [0.15, 0.2) is 0 Å². The third kappa shape index (κ3) is 3.60. The lowest BCUT2D eigenvalue weighted by atomic mass is 10.2. The molecule has 1 aromatic heterocycles. The third-order valence-corrected chi connectivity index (χ3v) is 2.49. The molecule has 4 nitrogen and oxygen atoms in total. The molecule has 0 aliphatic heterocycles. The summed E-state index contributed by atoms with van der Waals surface area (Å²) < 4.78 is 4.65. The van der Waals surface area contributed by atoms with Gasteiger partial charge < -0.3 is 9.84 Å². The minimum atomic E-state index is -0.0890. The van der Waals surface area contributed by atoms with Crippen LogP contribution < -0.4 is 5.32 Å². The number of aromatic nitrogens is 1. The van der Waals surface area contributed by atoms with Crippen LogP contribution in [0.5, 0.6) is 0 Å². The van der Waals surface area contributed by atoms with Crippen LogP contribution in [0.4, 0.5) is 0 Å². The van der Waals surface area contributed by atoms with Crippen molar-refractivity contribution in [3.63, 3.8) is 0 Å². The van der Waals surface area contributed by atoms with Crippen molar-refractivity contribution in [3.8, 4) is 0 Å². The summed E-state index contributed by atoms with van der Waals surface area (Å²) in [5, 5.41) is 7.15. The predicted molar refractivity (Wildman–Crippen MR) is 63.5 cm³/mol. The number of rotatable bonds is 4. The zero-order valence-corrected chi connectivity index (χ0v) is 9.78. The molecule has 0 aliphatic carbocycles. The van der Waals surface area contributed by atoms with E-state index in [4.69, 9.17) is 11.6 Å². The van der Waals surface area contributed by atoms with E-state index >= 15 is 0 Å². The molecule has 1 aromatic carbocycles. The van der Waals surface area contributed by atoms with Gasteiger partial charge in [0, 0.05) is 17.6 Å². The van der Waals surface area contributed by atoms with Crippen LogP contribution in [0.15, 0.2) is 41.1 Å². The molecule has 1 N–H and O–H groups in total. The fourth-order valence-electron chi connectivity index (χ4n) is 1.36. The van der Waals surface area contributed by atoms with E-state index < -0.39 is 0 Å². The maximum atomic E-state index is 11.5. The molecule has 0 radical (unpaired) electrons. The number of hydrogen-bond donors (Lipinski definition) is 1. The van der Waals surface area contributed by atoms with Crippen LogP contribution in [0.3, 0.4) is 0 Å². The molecule has 2 rings (SSSR count). The number of nitrogens with one attached hydrogen (secondary N) is 1. The summed E-state index contributed by atoms with van der Waals surface area (Å²) in [5.41, 5.74) is 1.63. The monoisotopic (exact) mass is 250 g/mol. The van der Waals surface area contributed by atoms with Gasteiger partial charge in [-0.15, -0.1) is 0 Å². The van der Waals surface area contributed by atoms with E-state index in [0.717, 1.165) is 5.56 Å². The number of amides is 1. The third-order valence-electron chi connectivity index (χ3n) is 2.24. The summed E-state index contributed by atoms with van der Waals surface area (Å²) in [6.07, 6.45) is 1.67. The topological polar surface area (TPSA) is 55.1 Å². The number of benzene rings is 1. The highest BCUT2D eigenvalue weighted by atomic mass is 35.5. The van der Waals surface area contributed by atoms with Gasteiger partial charge in [-0.2, -0.15) is 0 Å². The summed E-state index contributed by atoms with van der Waals surface area (Å²) in [6, 6.07) is 9.00. The second kappa shape index (κ2) is 5.50. The minimum Gasteiger partial charge on any atom is -0.364 e. The summed E-state index contributed by atoms with van der Waals surface area (Å²) >= 11 is 5.76. The Labute approximate surface area is 104 Å². The molecule has 2 aromatic rings. The van der Waals surface area contributed by atoms with Crippen molar-refractivity contribution in [2.75, 3.05) is 0 Å². The molecular weight excluding hydrogens is 240 g/mol. The van der Waals surface area contributed by atoms with Gasteiger partial charge in [0.1, 0.15) is 6.26 Å². The van der Waals surface area contributed by atoms with Gasteiger partial charge in [0.2, 0.25) is 5.91 Å². The van der Waals surface area contributed by atoms with Gasteiger partial charge in [0.05, 0.1) is 12.1 Å². The zero-order valence-electron chi connectivity index (χ0n) is 9.02. The Morgan fingerprint density at radius 2 is 2.06 bits per heavy atom. The van der Waals surface area contributed by atoms with E-state index in [-0.39, 0.29) is 12.3 Å². The van der Waals surface area contributed by atoms with Crippen molar-refractivity contribution in [2.45, 2.75) is 13.0 Å². The Hall–Kier alpha value is -1.81. The first-order valence-corrected chi connectivity index (χ1v) is 5.52. The lowest BCUT2D eigenvalue weighted by Crippen LogP contribution is -2.24. The number of hydrogen-bond acceptors (Lipinski definition) is 3. The van der Waals surface area contributed by atoms with Crippen LogP contribution >= 0.6 is 11.6 Å². The van der Waals surface area contributed by atoms with Crippen molar-refractivity contribution in [3.05, 3.63) is 52.9 Å². The highest BCUT2D eigenvalue weighted by molar-refractivity contribution is 6.30. The smallest absolute Gasteiger partial charge is 0.226 e. The Morgan fingerprint density at radius 3 is 2.71 bits per heavy atom. The van der Waals surface area contributed by atoms with Crippen LogP contribution in [0.2, 0.25) is 5.02 Å². The molecule has 88 valence electrons. The highest BCUT2D eigenvalue weighted by Gasteiger charge is 2.05. The molecule has 1 amide bonds. The van der Waals surface area contributed by atoms with Gasteiger partial charge in [-0.3, -0.25) is 4.79 Å². The standard InChI is InChI=1S/C12H11ClN2O2/c13-10-3-1-9(2-4-10)8-14-12(16)7-11-5-6-17-15-11/h1-6H,7-8H2,(H,14,16). The molecule has 0 saturated carbocycles. The van der Waals surface area contributed by atoms with Crippen LogP contribution in [0.1, 0.15) is 11.3 Å². The molecule has 5 heteroatoms. The molecule has 0 saturated heterocycles. The minimum absolute atomic E-state index is 0.0890. The molecule has 0 bridgehead atoms. The normalized spacial score (nSPS) is 10.2. The molecule has 0 aliphatic rings. The molecular formula is C12H11ClN2O2. The second-order valence-corrected chi connectivity index (χ2v) is 4.01. The zero-order chi connectivity index (χ0) is 12.1. The van der Waals surface area contributed by atoms with Crippen molar-refractivity contribution in [2.24, 2.45) is 0 Å². The lowest BCUT2D eigenvalue weighted by molar-refractivity contribution is -0.120. The second-order valence-electron chi connectivity index (χ2n) is 3.57. The van der Waals surface area contributed by atoms with Gasteiger partial charge in [-0.25, -0.2) is 0 Å². The number of halogens is 1. The van der Waals surface area contributed by atoms with E-state index in [2.05, 4.69) is 15.0 Å². The maximum absolute atomic E-state index is 11.5. The van der Waals surface area contributed by atoms with E-state index in [1.807, 2.05) is 12.1 Å². The van der Waals surface area contributed by atoms with Crippen molar-refractivity contribution >= 4 is 17.5 Å². The highest BCUT2D eigenvalue weighted by Crippen LogP contribution is 2.09. The quantitative estimate of drug-likeness (QED) is 0.905. The molecule has 0 atom stereocenters. The lowest BCUT2D eigenvalue weighted by Gasteiger charge is -2.04. The van der Waals surface area contributed by atoms with E-state index in [1.165, 1.54) is 6.26 Å². The number of carbonyl (C=O) groups is 1. The summed E-state index contributed by atoms with van der Waals surface area (Å²) in [5.74, 6) is -0.0890. The van der Waals surface area contributed by atoms with Crippen molar-refractivity contribution < 1.29 is 9.32 Å². The first-order valence-electron chi connectivity index (χ1n) is 5.14. The fourth-order valence-corrected chi connectivity index (χ4v) is 1.48. The van der Waals surface area contributed by atoms with E-state index in [0.29, 0.717) is 17.3 Å². The molecule has 17 heavy (non-hydrogen) atoms. The fraction of sp³-hybridized carbons (Fsp3) is 0.167. The first-order chi connectivity index (χ1) is 8.24. The first kappa shape index (κ1) is 11.7.